The maximum absolute atomic E-state index is 11.7. The summed E-state index contributed by atoms with van der Waals surface area (Å²) in [4.78, 5) is 15.6. The van der Waals surface area contributed by atoms with E-state index in [1.807, 2.05) is 13.8 Å². The van der Waals surface area contributed by atoms with E-state index in [4.69, 9.17) is 10.8 Å². The number of rotatable bonds is 4. The predicted octanol–water partition coefficient (Wildman–Crippen LogP) is 0.509. The number of aliphatic hydroxyl groups is 1. The Bertz CT molecular complexity index is 377. The van der Waals surface area contributed by atoms with Crippen LogP contribution in [0.5, 0.6) is 0 Å². The number of nitrogen functional groups attached to an aromatic ring is 1. The molecule has 0 radical (unpaired) electrons. The van der Waals surface area contributed by atoms with Crippen LogP contribution in [0.3, 0.4) is 0 Å². The lowest BCUT2D eigenvalue weighted by atomic mass is 10.0. The SMILES string of the molecule is CC(C)c1cnc(N)c(C(=O)NCCO)c1. The standard InChI is InChI=1S/C11H17N3O2/c1-7(2)8-5-9(10(12)14-6-8)11(16)13-3-4-15/h5-7,15H,3-4H2,1-2H3,(H2,12,14)(H,13,16). The molecule has 0 aliphatic heterocycles. The Morgan fingerprint density at radius 2 is 2.31 bits per heavy atom. The van der Waals surface area contributed by atoms with E-state index in [0.29, 0.717) is 5.56 Å². The zero-order valence-electron chi connectivity index (χ0n) is 9.53. The number of nitrogens with one attached hydrogen (secondary N) is 1. The molecule has 0 bridgehead atoms. The van der Waals surface area contributed by atoms with E-state index in [0.717, 1.165) is 5.56 Å². The Balaban J connectivity index is 2.93. The molecular formula is C11H17N3O2. The number of anilines is 1. The van der Waals surface area contributed by atoms with Gasteiger partial charge >= 0.3 is 0 Å². The van der Waals surface area contributed by atoms with Crippen molar-refractivity contribution >= 4 is 11.7 Å². The summed E-state index contributed by atoms with van der Waals surface area (Å²) < 4.78 is 0. The highest BCUT2D eigenvalue weighted by Crippen LogP contribution is 2.17. The van der Waals surface area contributed by atoms with Gasteiger partial charge in [-0.25, -0.2) is 4.98 Å². The second-order valence-electron chi connectivity index (χ2n) is 3.84. The molecule has 1 aromatic heterocycles. The van der Waals surface area contributed by atoms with Gasteiger partial charge in [-0.3, -0.25) is 4.79 Å². The second-order valence-corrected chi connectivity index (χ2v) is 3.84. The lowest BCUT2D eigenvalue weighted by Crippen LogP contribution is -2.27. The summed E-state index contributed by atoms with van der Waals surface area (Å²) in [5.41, 5.74) is 6.95. The van der Waals surface area contributed by atoms with Gasteiger partial charge in [-0.1, -0.05) is 13.8 Å². The summed E-state index contributed by atoms with van der Waals surface area (Å²) in [7, 11) is 0. The van der Waals surface area contributed by atoms with Crippen LogP contribution in [0.25, 0.3) is 0 Å². The van der Waals surface area contributed by atoms with Crippen LogP contribution in [0.1, 0.15) is 35.7 Å². The number of nitrogens with zero attached hydrogens (tertiary/aromatic N) is 1. The predicted molar refractivity (Wildman–Crippen MR) is 62.2 cm³/mol. The highest BCUT2D eigenvalue weighted by Gasteiger charge is 2.12. The van der Waals surface area contributed by atoms with Gasteiger partial charge in [0.05, 0.1) is 12.2 Å². The van der Waals surface area contributed by atoms with Gasteiger partial charge in [0, 0.05) is 12.7 Å². The van der Waals surface area contributed by atoms with Gasteiger partial charge in [-0.05, 0) is 17.5 Å². The molecule has 1 heterocycles. The molecule has 0 atom stereocenters. The van der Waals surface area contributed by atoms with E-state index in [9.17, 15) is 4.79 Å². The Kier molecular flexibility index (Phi) is 4.25. The number of nitrogens with two attached hydrogens (primary N) is 1. The third-order valence-electron chi connectivity index (χ3n) is 2.25. The molecule has 0 unspecified atom stereocenters. The molecular weight excluding hydrogens is 206 g/mol. The van der Waals surface area contributed by atoms with E-state index < -0.39 is 0 Å². The smallest absolute Gasteiger partial charge is 0.255 e. The molecule has 4 N–H and O–H groups in total. The Morgan fingerprint density at radius 3 is 2.88 bits per heavy atom. The maximum atomic E-state index is 11.7. The second kappa shape index (κ2) is 5.46. The van der Waals surface area contributed by atoms with Crippen molar-refractivity contribution in [2.24, 2.45) is 0 Å². The third-order valence-corrected chi connectivity index (χ3v) is 2.25. The van der Waals surface area contributed by atoms with Crippen molar-refractivity contribution in [1.82, 2.24) is 10.3 Å². The van der Waals surface area contributed by atoms with Gasteiger partial charge < -0.3 is 16.2 Å². The average Bonchev–Trinajstić information content (AvgIpc) is 2.26. The van der Waals surface area contributed by atoms with Crippen molar-refractivity contribution in [1.29, 1.82) is 0 Å². The number of aliphatic hydroxyl groups excluding tert-OH is 1. The molecule has 1 amide bonds. The first-order valence-electron chi connectivity index (χ1n) is 5.20. The van der Waals surface area contributed by atoms with Crippen molar-refractivity contribution in [2.45, 2.75) is 19.8 Å². The molecule has 0 aliphatic carbocycles. The van der Waals surface area contributed by atoms with E-state index in [1.165, 1.54) is 0 Å². The van der Waals surface area contributed by atoms with E-state index in [-0.39, 0.29) is 30.8 Å². The molecule has 0 spiro atoms. The van der Waals surface area contributed by atoms with Crippen molar-refractivity contribution in [3.05, 3.63) is 23.4 Å². The highest BCUT2D eigenvalue weighted by molar-refractivity contribution is 5.98. The zero-order chi connectivity index (χ0) is 12.1. The van der Waals surface area contributed by atoms with Crippen LogP contribution in [0, 0.1) is 0 Å². The topological polar surface area (TPSA) is 88.2 Å². The molecule has 1 rings (SSSR count). The Morgan fingerprint density at radius 1 is 1.62 bits per heavy atom. The van der Waals surface area contributed by atoms with Crippen LogP contribution >= 0.6 is 0 Å². The normalized spacial score (nSPS) is 10.5. The molecule has 5 nitrogen and oxygen atoms in total. The van der Waals surface area contributed by atoms with Gasteiger partial charge in [0.15, 0.2) is 0 Å². The van der Waals surface area contributed by atoms with Crippen LogP contribution in [0.2, 0.25) is 0 Å². The van der Waals surface area contributed by atoms with Crippen molar-refractivity contribution < 1.29 is 9.90 Å². The van der Waals surface area contributed by atoms with Crippen LogP contribution in [-0.4, -0.2) is 29.1 Å². The summed E-state index contributed by atoms with van der Waals surface area (Å²) in [5, 5.41) is 11.2. The fourth-order valence-electron chi connectivity index (χ4n) is 1.25. The number of aromatic nitrogens is 1. The highest BCUT2D eigenvalue weighted by atomic mass is 16.3. The number of amides is 1. The van der Waals surface area contributed by atoms with Crippen molar-refractivity contribution in [3.63, 3.8) is 0 Å². The van der Waals surface area contributed by atoms with Gasteiger partial charge in [0.25, 0.3) is 5.91 Å². The van der Waals surface area contributed by atoms with Gasteiger partial charge in [-0.2, -0.15) is 0 Å². The van der Waals surface area contributed by atoms with Crippen molar-refractivity contribution in [2.75, 3.05) is 18.9 Å². The molecule has 0 aliphatic rings. The number of hydrogen-bond acceptors (Lipinski definition) is 4. The fraction of sp³-hybridized carbons (Fsp3) is 0.455. The molecule has 0 saturated carbocycles. The Hall–Kier alpha value is -1.62. The lowest BCUT2D eigenvalue weighted by Gasteiger charge is -2.10. The summed E-state index contributed by atoms with van der Waals surface area (Å²) >= 11 is 0. The quantitative estimate of drug-likeness (QED) is 0.694. The van der Waals surface area contributed by atoms with Crippen LogP contribution in [0.15, 0.2) is 12.3 Å². The number of pyridine rings is 1. The molecule has 5 heteroatoms. The third kappa shape index (κ3) is 2.93. The summed E-state index contributed by atoms with van der Waals surface area (Å²) in [6.07, 6.45) is 1.67. The van der Waals surface area contributed by atoms with Crippen molar-refractivity contribution in [3.8, 4) is 0 Å². The van der Waals surface area contributed by atoms with E-state index in [1.54, 1.807) is 12.3 Å². The van der Waals surface area contributed by atoms with Crippen LogP contribution < -0.4 is 11.1 Å². The summed E-state index contributed by atoms with van der Waals surface area (Å²) in [6, 6.07) is 1.74. The maximum Gasteiger partial charge on any atom is 0.255 e. The molecule has 0 aromatic carbocycles. The zero-order valence-corrected chi connectivity index (χ0v) is 9.53. The molecule has 0 fully saturated rings. The molecule has 16 heavy (non-hydrogen) atoms. The summed E-state index contributed by atoms with van der Waals surface area (Å²) in [5.74, 6) is 0.193. The minimum Gasteiger partial charge on any atom is -0.395 e. The number of hydrogen-bond donors (Lipinski definition) is 3. The molecule has 88 valence electrons. The van der Waals surface area contributed by atoms with Crippen LogP contribution in [-0.2, 0) is 0 Å². The van der Waals surface area contributed by atoms with Gasteiger partial charge in [-0.15, -0.1) is 0 Å². The largest absolute Gasteiger partial charge is 0.395 e. The first-order chi connectivity index (χ1) is 7.56. The first kappa shape index (κ1) is 12.4. The lowest BCUT2D eigenvalue weighted by molar-refractivity contribution is 0.0945. The van der Waals surface area contributed by atoms with Gasteiger partial charge in [0.1, 0.15) is 5.82 Å². The first-order valence-corrected chi connectivity index (χ1v) is 5.20. The summed E-state index contributed by atoms with van der Waals surface area (Å²) in [6.45, 7) is 4.15. The Labute approximate surface area is 94.7 Å². The minimum absolute atomic E-state index is 0.0943. The van der Waals surface area contributed by atoms with E-state index >= 15 is 0 Å². The van der Waals surface area contributed by atoms with Crippen LogP contribution in [0.4, 0.5) is 5.82 Å². The fourth-order valence-corrected chi connectivity index (χ4v) is 1.25. The van der Waals surface area contributed by atoms with E-state index in [2.05, 4.69) is 10.3 Å². The number of carbonyl (C=O) groups is 1. The molecule has 0 saturated heterocycles. The number of carbonyl (C=O) groups excluding carboxylic acids is 1. The monoisotopic (exact) mass is 223 g/mol. The molecule has 1 aromatic rings. The minimum atomic E-state index is -0.304. The average molecular weight is 223 g/mol. The van der Waals surface area contributed by atoms with Gasteiger partial charge in [0.2, 0.25) is 0 Å².